The zero-order chi connectivity index (χ0) is 12.3. The van der Waals surface area contributed by atoms with Gasteiger partial charge in [0.25, 0.3) is 10.1 Å². The first kappa shape index (κ1) is 20.7. The third-order valence-electron chi connectivity index (χ3n) is 2.54. The van der Waals surface area contributed by atoms with Crippen molar-refractivity contribution in [2.75, 3.05) is 11.1 Å². The van der Waals surface area contributed by atoms with E-state index in [2.05, 4.69) is 15.9 Å². The fourth-order valence-corrected chi connectivity index (χ4v) is 2.58. The first-order valence-electron chi connectivity index (χ1n) is 6.07. The minimum atomic E-state index is -3.74. The van der Waals surface area contributed by atoms with E-state index in [1.807, 2.05) is 0 Å². The minimum absolute atomic E-state index is 0. The summed E-state index contributed by atoms with van der Waals surface area (Å²) in [5.41, 5.74) is 0. The number of unbranched alkanes of at least 4 members (excludes halogenated alkanes) is 8. The summed E-state index contributed by atoms with van der Waals surface area (Å²) in [6.45, 7) is 0. The van der Waals surface area contributed by atoms with Gasteiger partial charge >= 0.3 is 29.6 Å². The molecule has 0 rings (SSSR count). The summed E-state index contributed by atoms with van der Waals surface area (Å²) in [5, 5.41) is 1.10. The van der Waals surface area contributed by atoms with E-state index < -0.39 is 10.1 Å². The van der Waals surface area contributed by atoms with Crippen molar-refractivity contribution in [3.05, 3.63) is 0 Å². The summed E-state index contributed by atoms with van der Waals surface area (Å²) in [7, 11) is -3.74. The van der Waals surface area contributed by atoms with Crippen molar-refractivity contribution >= 4 is 55.6 Å². The molecule has 0 aliphatic heterocycles. The Kier molecular flexibility index (Phi) is 16.8. The van der Waals surface area contributed by atoms with Crippen molar-refractivity contribution in [1.82, 2.24) is 0 Å². The van der Waals surface area contributed by atoms with Crippen LogP contribution in [0.5, 0.6) is 0 Å². The van der Waals surface area contributed by atoms with Gasteiger partial charge in [-0.1, -0.05) is 60.9 Å². The second-order valence-electron chi connectivity index (χ2n) is 4.16. The SMILES string of the molecule is O=S(=O)(O)CCCCCCCCCCCBr.[NaH]. The molecule has 0 spiro atoms. The van der Waals surface area contributed by atoms with Crippen molar-refractivity contribution < 1.29 is 13.0 Å². The molecule has 0 aliphatic rings. The number of hydrogen-bond donors (Lipinski definition) is 1. The molecule has 0 radical (unpaired) electrons. The number of hydrogen-bond acceptors (Lipinski definition) is 2. The Labute approximate surface area is 136 Å². The predicted molar refractivity (Wildman–Crippen MR) is 78.9 cm³/mol. The summed E-state index contributed by atoms with van der Waals surface area (Å²) in [6.07, 6.45) is 10.1. The van der Waals surface area contributed by atoms with Crippen molar-refractivity contribution in [1.29, 1.82) is 0 Å². The van der Waals surface area contributed by atoms with Crippen LogP contribution in [0.1, 0.15) is 57.8 Å². The average Bonchev–Trinajstić information content (AvgIpc) is 2.19. The first-order chi connectivity index (χ1) is 7.56. The quantitative estimate of drug-likeness (QED) is 0.272. The van der Waals surface area contributed by atoms with Crippen molar-refractivity contribution in [3.63, 3.8) is 0 Å². The van der Waals surface area contributed by atoms with E-state index in [9.17, 15) is 8.42 Å². The molecule has 0 aromatic carbocycles. The average molecular weight is 339 g/mol. The van der Waals surface area contributed by atoms with E-state index >= 15 is 0 Å². The second-order valence-corrected chi connectivity index (χ2v) is 6.52. The molecule has 0 fully saturated rings. The molecular formula is C11H24BrNaO3S. The molecule has 6 heteroatoms. The molecule has 0 saturated carbocycles. The van der Waals surface area contributed by atoms with Crippen LogP contribution in [0.3, 0.4) is 0 Å². The van der Waals surface area contributed by atoms with Crippen LogP contribution in [-0.4, -0.2) is 53.6 Å². The van der Waals surface area contributed by atoms with Crippen LogP contribution in [0.25, 0.3) is 0 Å². The van der Waals surface area contributed by atoms with Crippen molar-refractivity contribution in [2.45, 2.75) is 57.8 Å². The number of halogens is 1. The van der Waals surface area contributed by atoms with Crippen LogP contribution in [0, 0.1) is 0 Å². The molecule has 0 unspecified atom stereocenters. The molecule has 0 atom stereocenters. The maximum absolute atomic E-state index is 10.4. The Balaban J connectivity index is 0. The Morgan fingerprint density at radius 3 is 1.47 bits per heavy atom. The molecule has 100 valence electrons. The molecule has 3 nitrogen and oxygen atoms in total. The Morgan fingerprint density at radius 2 is 1.12 bits per heavy atom. The van der Waals surface area contributed by atoms with Gasteiger partial charge in [0.05, 0.1) is 5.75 Å². The van der Waals surface area contributed by atoms with E-state index in [1.54, 1.807) is 0 Å². The third-order valence-corrected chi connectivity index (χ3v) is 3.90. The number of rotatable bonds is 11. The van der Waals surface area contributed by atoms with Crippen LogP contribution in [0.2, 0.25) is 0 Å². The molecule has 0 bridgehead atoms. The zero-order valence-electron chi connectivity index (χ0n) is 9.83. The Bertz CT molecular complexity index is 245. The molecule has 0 heterocycles. The van der Waals surface area contributed by atoms with Gasteiger partial charge in [-0.15, -0.1) is 0 Å². The van der Waals surface area contributed by atoms with E-state index in [-0.39, 0.29) is 35.3 Å². The van der Waals surface area contributed by atoms with Crippen LogP contribution in [0.15, 0.2) is 0 Å². The normalized spacial score (nSPS) is 11.2. The van der Waals surface area contributed by atoms with Gasteiger partial charge in [-0.25, -0.2) is 0 Å². The summed E-state index contributed by atoms with van der Waals surface area (Å²) in [4.78, 5) is 0. The van der Waals surface area contributed by atoms with Gasteiger partial charge in [0.15, 0.2) is 0 Å². The van der Waals surface area contributed by atoms with Crippen LogP contribution >= 0.6 is 15.9 Å². The van der Waals surface area contributed by atoms with Crippen LogP contribution < -0.4 is 0 Å². The summed E-state index contributed by atoms with van der Waals surface area (Å²) >= 11 is 3.41. The standard InChI is InChI=1S/C11H23BrO3S.Na.H/c12-10-8-6-4-2-1-3-5-7-9-11-16(13,14)15;;/h1-11H2,(H,13,14,15);;. The summed E-state index contributed by atoms with van der Waals surface area (Å²) in [5.74, 6) is -0.0851. The molecular weight excluding hydrogens is 315 g/mol. The molecule has 0 saturated heterocycles. The number of alkyl halides is 1. The molecule has 0 aliphatic carbocycles. The van der Waals surface area contributed by atoms with Crippen molar-refractivity contribution in [2.24, 2.45) is 0 Å². The fraction of sp³-hybridized carbons (Fsp3) is 1.00. The second kappa shape index (κ2) is 13.8. The van der Waals surface area contributed by atoms with Crippen LogP contribution in [0.4, 0.5) is 0 Å². The van der Waals surface area contributed by atoms with Gasteiger partial charge in [-0.3, -0.25) is 4.55 Å². The fourth-order valence-electron chi connectivity index (χ4n) is 1.62. The van der Waals surface area contributed by atoms with Gasteiger partial charge in [0, 0.05) is 5.33 Å². The van der Waals surface area contributed by atoms with E-state index in [0.717, 1.165) is 18.2 Å². The maximum atomic E-state index is 10.4. The van der Waals surface area contributed by atoms with Gasteiger partial charge in [0.2, 0.25) is 0 Å². The van der Waals surface area contributed by atoms with E-state index in [1.165, 1.54) is 38.5 Å². The molecule has 0 aromatic rings. The Hall–Kier alpha value is 1.39. The molecule has 17 heavy (non-hydrogen) atoms. The van der Waals surface area contributed by atoms with Crippen LogP contribution in [-0.2, 0) is 10.1 Å². The van der Waals surface area contributed by atoms with E-state index in [4.69, 9.17) is 4.55 Å². The summed E-state index contributed by atoms with van der Waals surface area (Å²) in [6, 6.07) is 0. The van der Waals surface area contributed by atoms with Gasteiger partial charge in [-0.2, -0.15) is 8.42 Å². The molecule has 0 amide bonds. The molecule has 1 N–H and O–H groups in total. The predicted octanol–water partition coefficient (Wildman–Crippen LogP) is 3.13. The summed E-state index contributed by atoms with van der Waals surface area (Å²) < 4.78 is 29.3. The van der Waals surface area contributed by atoms with E-state index in [0.29, 0.717) is 6.42 Å². The first-order valence-corrected chi connectivity index (χ1v) is 8.80. The zero-order valence-corrected chi connectivity index (χ0v) is 12.2. The van der Waals surface area contributed by atoms with Gasteiger partial charge in [0.1, 0.15) is 0 Å². The van der Waals surface area contributed by atoms with Crippen molar-refractivity contribution in [3.8, 4) is 0 Å². The Morgan fingerprint density at radius 1 is 0.765 bits per heavy atom. The van der Waals surface area contributed by atoms with Gasteiger partial charge in [-0.05, 0) is 12.8 Å². The van der Waals surface area contributed by atoms with Gasteiger partial charge < -0.3 is 0 Å². The topological polar surface area (TPSA) is 54.4 Å². The molecule has 0 aromatic heterocycles. The third kappa shape index (κ3) is 19.9. The monoisotopic (exact) mass is 338 g/mol.